The Hall–Kier alpha value is -0.120. The lowest BCUT2D eigenvalue weighted by Gasteiger charge is -2.20. The standard InChI is InChI=1S/C8H15NO2/c1-6-7(2)11-8(10-6)3-4-9-5-8/h6-7,9H,3-5H2,1-2H3. The Kier molecular flexibility index (Phi) is 1.67. The lowest BCUT2D eigenvalue weighted by atomic mass is 10.2. The van der Waals surface area contributed by atoms with Crippen molar-refractivity contribution in [1.82, 2.24) is 5.32 Å². The molecule has 1 spiro atoms. The highest BCUT2D eigenvalue weighted by Gasteiger charge is 2.45. The number of nitrogens with one attached hydrogen (secondary N) is 1. The third-order valence-corrected chi connectivity index (χ3v) is 2.54. The largest absolute Gasteiger partial charge is 0.343 e. The molecule has 0 bridgehead atoms. The van der Waals surface area contributed by atoms with E-state index in [1.165, 1.54) is 0 Å². The molecular weight excluding hydrogens is 142 g/mol. The van der Waals surface area contributed by atoms with Gasteiger partial charge in [-0.1, -0.05) is 0 Å². The van der Waals surface area contributed by atoms with E-state index in [1.54, 1.807) is 0 Å². The molecule has 0 radical (unpaired) electrons. The molecular formula is C8H15NO2. The van der Waals surface area contributed by atoms with Gasteiger partial charge in [0.25, 0.3) is 0 Å². The molecule has 3 heteroatoms. The second-order valence-corrected chi connectivity index (χ2v) is 3.48. The summed E-state index contributed by atoms with van der Waals surface area (Å²) >= 11 is 0. The van der Waals surface area contributed by atoms with Crippen LogP contribution in [0, 0.1) is 0 Å². The van der Waals surface area contributed by atoms with Crippen LogP contribution < -0.4 is 5.32 Å². The van der Waals surface area contributed by atoms with E-state index in [2.05, 4.69) is 19.2 Å². The zero-order chi connectivity index (χ0) is 7.90. The summed E-state index contributed by atoms with van der Waals surface area (Å²) < 4.78 is 11.5. The molecule has 2 aliphatic heterocycles. The molecule has 0 aromatic carbocycles. The molecule has 2 fully saturated rings. The molecule has 0 aromatic heterocycles. The third kappa shape index (κ3) is 1.17. The van der Waals surface area contributed by atoms with Crippen LogP contribution in [0.4, 0.5) is 0 Å². The first-order chi connectivity index (χ1) is 5.22. The van der Waals surface area contributed by atoms with E-state index in [4.69, 9.17) is 9.47 Å². The number of hydrogen-bond acceptors (Lipinski definition) is 3. The van der Waals surface area contributed by atoms with Gasteiger partial charge in [-0.05, 0) is 13.8 Å². The van der Waals surface area contributed by atoms with Crippen molar-refractivity contribution >= 4 is 0 Å². The molecule has 2 saturated heterocycles. The van der Waals surface area contributed by atoms with E-state index in [-0.39, 0.29) is 18.0 Å². The first-order valence-electron chi connectivity index (χ1n) is 4.28. The summed E-state index contributed by atoms with van der Waals surface area (Å²) in [7, 11) is 0. The first kappa shape index (κ1) is 7.53. The predicted molar refractivity (Wildman–Crippen MR) is 41.3 cm³/mol. The minimum Gasteiger partial charge on any atom is -0.343 e. The monoisotopic (exact) mass is 157 g/mol. The average Bonchev–Trinajstić information content (AvgIpc) is 2.46. The lowest BCUT2D eigenvalue weighted by Crippen LogP contribution is -2.33. The summed E-state index contributed by atoms with van der Waals surface area (Å²) in [5.74, 6) is -0.279. The molecule has 1 N–H and O–H groups in total. The molecule has 11 heavy (non-hydrogen) atoms. The smallest absolute Gasteiger partial charge is 0.182 e. The van der Waals surface area contributed by atoms with Gasteiger partial charge in [-0.3, -0.25) is 0 Å². The molecule has 2 rings (SSSR count). The van der Waals surface area contributed by atoms with Crippen molar-refractivity contribution in [2.45, 2.75) is 38.3 Å². The van der Waals surface area contributed by atoms with Gasteiger partial charge in [-0.15, -0.1) is 0 Å². The van der Waals surface area contributed by atoms with Gasteiger partial charge in [0.2, 0.25) is 0 Å². The van der Waals surface area contributed by atoms with E-state index < -0.39 is 0 Å². The van der Waals surface area contributed by atoms with Gasteiger partial charge in [-0.2, -0.15) is 0 Å². The van der Waals surface area contributed by atoms with E-state index in [1.807, 2.05) is 0 Å². The Morgan fingerprint density at radius 1 is 1.27 bits per heavy atom. The molecule has 0 amide bonds. The summed E-state index contributed by atoms with van der Waals surface area (Å²) in [5, 5.41) is 3.25. The fourth-order valence-corrected chi connectivity index (χ4v) is 1.74. The highest BCUT2D eigenvalue weighted by molar-refractivity contribution is 4.88. The maximum Gasteiger partial charge on any atom is 0.182 e. The topological polar surface area (TPSA) is 30.5 Å². The molecule has 2 heterocycles. The van der Waals surface area contributed by atoms with Crippen molar-refractivity contribution < 1.29 is 9.47 Å². The average molecular weight is 157 g/mol. The van der Waals surface area contributed by atoms with Crippen molar-refractivity contribution in [3.05, 3.63) is 0 Å². The minimum absolute atomic E-state index is 0.245. The highest BCUT2D eigenvalue weighted by Crippen LogP contribution is 2.32. The number of rotatable bonds is 0. The Labute approximate surface area is 67.1 Å². The molecule has 0 aromatic rings. The minimum atomic E-state index is -0.279. The van der Waals surface area contributed by atoms with Crippen molar-refractivity contribution in [3.8, 4) is 0 Å². The summed E-state index contributed by atoms with van der Waals surface area (Å²) in [5.41, 5.74) is 0. The van der Waals surface area contributed by atoms with Gasteiger partial charge in [0.05, 0.1) is 12.2 Å². The maximum absolute atomic E-state index is 5.74. The quantitative estimate of drug-likeness (QED) is 0.555. The van der Waals surface area contributed by atoms with Crippen LogP contribution in [0.25, 0.3) is 0 Å². The van der Waals surface area contributed by atoms with Crippen molar-refractivity contribution in [1.29, 1.82) is 0 Å². The third-order valence-electron chi connectivity index (χ3n) is 2.54. The zero-order valence-corrected chi connectivity index (χ0v) is 7.09. The van der Waals surface area contributed by atoms with E-state index >= 15 is 0 Å². The summed E-state index contributed by atoms with van der Waals surface area (Å²) in [6.07, 6.45) is 1.48. The molecule has 3 nitrogen and oxygen atoms in total. The Morgan fingerprint density at radius 2 is 1.91 bits per heavy atom. The SMILES string of the molecule is CC1OC2(CCNC2)OC1C. The predicted octanol–water partition coefficient (Wildman–Crippen LogP) is 0.500. The summed E-state index contributed by atoms with van der Waals surface area (Å²) in [6, 6.07) is 0. The van der Waals surface area contributed by atoms with Crippen LogP contribution in [0.3, 0.4) is 0 Å². The van der Waals surface area contributed by atoms with Crippen molar-refractivity contribution in [3.63, 3.8) is 0 Å². The van der Waals surface area contributed by atoms with Crippen LogP contribution in [0.2, 0.25) is 0 Å². The molecule has 2 aliphatic rings. The van der Waals surface area contributed by atoms with E-state index in [0.717, 1.165) is 19.5 Å². The first-order valence-corrected chi connectivity index (χ1v) is 4.28. The fraction of sp³-hybridized carbons (Fsp3) is 1.00. The van der Waals surface area contributed by atoms with E-state index in [0.29, 0.717) is 0 Å². The molecule has 0 saturated carbocycles. The maximum atomic E-state index is 5.74. The van der Waals surface area contributed by atoms with Crippen LogP contribution in [0.5, 0.6) is 0 Å². The zero-order valence-electron chi connectivity index (χ0n) is 7.09. The fourth-order valence-electron chi connectivity index (χ4n) is 1.74. The Bertz CT molecular complexity index is 142. The van der Waals surface area contributed by atoms with Gasteiger partial charge < -0.3 is 14.8 Å². The van der Waals surface area contributed by atoms with Gasteiger partial charge >= 0.3 is 0 Å². The molecule has 2 unspecified atom stereocenters. The van der Waals surface area contributed by atoms with Crippen LogP contribution >= 0.6 is 0 Å². The second-order valence-electron chi connectivity index (χ2n) is 3.48. The van der Waals surface area contributed by atoms with E-state index in [9.17, 15) is 0 Å². The lowest BCUT2D eigenvalue weighted by molar-refractivity contribution is -0.156. The summed E-state index contributed by atoms with van der Waals surface area (Å²) in [4.78, 5) is 0. The molecule has 2 atom stereocenters. The van der Waals surface area contributed by atoms with Gasteiger partial charge in [0.15, 0.2) is 5.79 Å². The van der Waals surface area contributed by atoms with Crippen LogP contribution in [0.1, 0.15) is 20.3 Å². The highest BCUT2D eigenvalue weighted by atomic mass is 16.8. The number of ether oxygens (including phenoxy) is 2. The van der Waals surface area contributed by atoms with Crippen LogP contribution in [0.15, 0.2) is 0 Å². The normalized spacial score (nSPS) is 50.7. The van der Waals surface area contributed by atoms with Crippen molar-refractivity contribution in [2.24, 2.45) is 0 Å². The van der Waals surface area contributed by atoms with Gasteiger partial charge in [-0.25, -0.2) is 0 Å². The molecule has 0 aliphatic carbocycles. The Balaban J connectivity index is 2.06. The Morgan fingerprint density at radius 3 is 2.36 bits per heavy atom. The van der Waals surface area contributed by atoms with Crippen LogP contribution in [-0.4, -0.2) is 31.1 Å². The van der Waals surface area contributed by atoms with Gasteiger partial charge in [0.1, 0.15) is 0 Å². The van der Waals surface area contributed by atoms with Crippen LogP contribution in [-0.2, 0) is 9.47 Å². The second kappa shape index (κ2) is 2.44. The van der Waals surface area contributed by atoms with Gasteiger partial charge in [0, 0.05) is 19.5 Å². The summed E-state index contributed by atoms with van der Waals surface area (Å²) in [6.45, 7) is 6.00. The van der Waals surface area contributed by atoms with Crippen molar-refractivity contribution in [2.75, 3.05) is 13.1 Å². The number of hydrogen-bond donors (Lipinski definition) is 1. The molecule has 64 valence electrons.